The van der Waals surface area contributed by atoms with Gasteiger partial charge in [-0.25, -0.2) is 0 Å². The molecule has 0 bridgehead atoms. The van der Waals surface area contributed by atoms with Gasteiger partial charge in [0, 0.05) is 12.6 Å². The summed E-state index contributed by atoms with van der Waals surface area (Å²) in [5.74, 6) is 0.0225. The molecule has 4 heteroatoms. The fourth-order valence-electron chi connectivity index (χ4n) is 1.81. The van der Waals surface area contributed by atoms with Gasteiger partial charge < -0.3 is 16.0 Å². The summed E-state index contributed by atoms with van der Waals surface area (Å²) in [4.78, 5) is 13.4. The maximum absolute atomic E-state index is 11.4. The minimum atomic E-state index is 0.0225. The van der Waals surface area contributed by atoms with Crippen LogP contribution in [0.3, 0.4) is 0 Å². The molecule has 0 spiro atoms. The van der Waals surface area contributed by atoms with Gasteiger partial charge in [0.15, 0.2) is 0 Å². The zero-order valence-electron chi connectivity index (χ0n) is 8.73. The monoisotopic (exact) mass is 205 g/mol. The van der Waals surface area contributed by atoms with Gasteiger partial charge in [0.1, 0.15) is 0 Å². The average Bonchev–Trinajstić information content (AvgIpc) is 2.16. The number of nitrogens with one attached hydrogen (secondary N) is 1. The van der Waals surface area contributed by atoms with E-state index < -0.39 is 0 Å². The van der Waals surface area contributed by atoms with E-state index in [2.05, 4.69) is 5.32 Å². The molecular formula is C11H15N3O. The number of carbonyl (C=O) groups excluding carboxylic acids is 1. The van der Waals surface area contributed by atoms with Crippen LogP contribution in [0.1, 0.15) is 6.92 Å². The van der Waals surface area contributed by atoms with Crippen LogP contribution in [0.5, 0.6) is 0 Å². The number of hydrogen-bond acceptors (Lipinski definition) is 3. The standard InChI is InChI=1S/C11H15N3O/c1-8(12)6-14-7-11(15)13-9-4-2-3-5-10(9)14/h2-5,8H,6-7,12H2,1H3,(H,13,15). The van der Waals surface area contributed by atoms with Gasteiger partial charge in [-0.2, -0.15) is 0 Å². The molecule has 1 aromatic rings. The zero-order valence-corrected chi connectivity index (χ0v) is 8.73. The van der Waals surface area contributed by atoms with Crippen molar-refractivity contribution in [1.82, 2.24) is 0 Å². The Kier molecular flexibility index (Phi) is 2.60. The molecule has 0 radical (unpaired) electrons. The fraction of sp³-hybridized carbons (Fsp3) is 0.364. The maximum Gasteiger partial charge on any atom is 0.243 e. The van der Waals surface area contributed by atoms with Crippen LogP contribution < -0.4 is 16.0 Å². The van der Waals surface area contributed by atoms with Crippen molar-refractivity contribution in [2.75, 3.05) is 23.3 Å². The van der Waals surface area contributed by atoms with Crippen molar-refractivity contribution in [3.8, 4) is 0 Å². The molecule has 1 amide bonds. The summed E-state index contributed by atoms with van der Waals surface area (Å²) in [5, 5.41) is 2.84. The summed E-state index contributed by atoms with van der Waals surface area (Å²) < 4.78 is 0. The highest BCUT2D eigenvalue weighted by atomic mass is 16.2. The summed E-state index contributed by atoms with van der Waals surface area (Å²) in [6.45, 7) is 3.03. The Balaban J connectivity index is 2.30. The van der Waals surface area contributed by atoms with Crippen LogP contribution in [0.25, 0.3) is 0 Å². The zero-order chi connectivity index (χ0) is 10.8. The first-order valence-corrected chi connectivity index (χ1v) is 5.06. The molecular weight excluding hydrogens is 190 g/mol. The van der Waals surface area contributed by atoms with Crippen molar-refractivity contribution in [2.45, 2.75) is 13.0 Å². The Morgan fingerprint density at radius 1 is 1.53 bits per heavy atom. The number of fused-ring (bicyclic) bond motifs is 1. The Hall–Kier alpha value is -1.55. The van der Waals surface area contributed by atoms with Crippen LogP contribution in [0.4, 0.5) is 11.4 Å². The molecule has 1 aromatic carbocycles. The lowest BCUT2D eigenvalue weighted by Gasteiger charge is -2.31. The van der Waals surface area contributed by atoms with Gasteiger partial charge in [-0.1, -0.05) is 12.1 Å². The van der Waals surface area contributed by atoms with Gasteiger partial charge in [-0.15, -0.1) is 0 Å². The first-order chi connectivity index (χ1) is 7.16. The number of anilines is 2. The predicted octanol–water partition coefficient (Wildman–Crippen LogP) is 0.792. The maximum atomic E-state index is 11.4. The summed E-state index contributed by atoms with van der Waals surface area (Å²) in [6, 6.07) is 7.83. The van der Waals surface area contributed by atoms with Crippen molar-refractivity contribution >= 4 is 17.3 Å². The van der Waals surface area contributed by atoms with Crippen LogP contribution in [0, 0.1) is 0 Å². The van der Waals surface area contributed by atoms with Crippen LogP contribution >= 0.6 is 0 Å². The molecule has 3 N–H and O–H groups in total. The number of para-hydroxylation sites is 2. The van der Waals surface area contributed by atoms with Crippen molar-refractivity contribution in [3.05, 3.63) is 24.3 Å². The summed E-state index contributed by atoms with van der Waals surface area (Å²) in [7, 11) is 0. The second-order valence-electron chi connectivity index (χ2n) is 3.92. The quantitative estimate of drug-likeness (QED) is 0.750. The van der Waals surface area contributed by atoms with Crippen molar-refractivity contribution in [3.63, 3.8) is 0 Å². The highest BCUT2D eigenvalue weighted by Crippen LogP contribution is 2.28. The molecule has 0 aromatic heterocycles. The number of amides is 1. The van der Waals surface area contributed by atoms with Gasteiger partial charge in [-0.3, -0.25) is 4.79 Å². The molecule has 2 rings (SSSR count). The van der Waals surface area contributed by atoms with Crippen molar-refractivity contribution in [1.29, 1.82) is 0 Å². The summed E-state index contributed by atoms with van der Waals surface area (Å²) in [6.07, 6.45) is 0. The molecule has 1 heterocycles. The Morgan fingerprint density at radius 2 is 2.27 bits per heavy atom. The normalized spacial score (nSPS) is 16.9. The number of nitrogens with two attached hydrogens (primary N) is 1. The SMILES string of the molecule is CC(N)CN1CC(=O)Nc2ccccc21. The highest BCUT2D eigenvalue weighted by molar-refractivity contribution is 6.01. The third kappa shape index (κ3) is 2.10. The third-order valence-corrected chi connectivity index (χ3v) is 2.36. The average molecular weight is 205 g/mol. The molecule has 1 aliphatic rings. The number of nitrogens with zero attached hydrogens (tertiary/aromatic N) is 1. The molecule has 1 atom stereocenters. The van der Waals surface area contributed by atoms with Crippen LogP contribution in [0.15, 0.2) is 24.3 Å². The summed E-state index contributed by atoms with van der Waals surface area (Å²) in [5.41, 5.74) is 7.67. The van der Waals surface area contributed by atoms with E-state index in [0.29, 0.717) is 13.1 Å². The summed E-state index contributed by atoms with van der Waals surface area (Å²) >= 11 is 0. The Labute approximate surface area is 89.1 Å². The molecule has 0 fully saturated rings. The highest BCUT2D eigenvalue weighted by Gasteiger charge is 2.21. The molecule has 1 aliphatic heterocycles. The van der Waals surface area contributed by atoms with Crippen LogP contribution in [-0.4, -0.2) is 25.0 Å². The van der Waals surface area contributed by atoms with Gasteiger partial charge in [0.2, 0.25) is 5.91 Å². The molecule has 15 heavy (non-hydrogen) atoms. The largest absolute Gasteiger partial charge is 0.359 e. The number of rotatable bonds is 2. The Bertz CT molecular complexity index is 376. The lowest BCUT2D eigenvalue weighted by molar-refractivity contribution is -0.115. The second kappa shape index (κ2) is 3.90. The topological polar surface area (TPSA) is 58.4 Å². The minimum Gasteiger partial charge on any atom is -0.359 e. The van der Waals surface area contributed by atoms with Gasteiger partial charge >= 0.3 is 0 Å². The van der Waals surface area contributed by atoms with E-state index >= 15 is 0 Å². The Morgan fingerprint density at radius 3 is 3.00 bits per heavy atom. The van der Waals surface area contributed by atoms with Gasteiger partial charge in [-0.05, 0) is 19.1 Å². The first kappa shape index (κ1) is 9.98. The fourth-order valence-corrected chi connectivity index (χ4v) is 1.81. The van der Waals surface area contributed by atoms with Gasteiger partial charge in [0.05, 0.1) is 17.9 Å². The van der Waals surface area contributed by atoms with Gasteiger partial charge in [0.25, 0.3) is 0 Å². The third-order valence-electron chi connectivity index (χ3n) is 2.36. The van der Waals surface area contributed by atoms with E-state index in [1.165, 1.54) is 0 Å². The van der Waals surface area contributed by atoms with E-state index in [-0.39, 0.29) is 11.9 Å². The van der Waals surface area contributed by atoms with Crippen LogP contribution in [0.2, 0.25) is 0 Å². The van der Waals surface area contributed by atoms with Crippen molar-refractivity contribution < 1.29 is 4.79 Å². The molecule has 0 saturated heterocycles. The smallest absolute Gasteiger partial charge is 0.243 e. The molecule has 4 nitrogen and oxygen atoms in total. The van der Waals surface area contributed by atoms with E-state index in [0.717, 1.165) is 11.4 Å². The van der Waals surface area contributed by atoms with E-state index in [9.17, 15) is 4.79 Å². The van der Waals surface area contributed by atoms with Crippen LogP contribution in [-0.2, 0) is 4.79 Å². The van der Waals surface area contributed by atoms with E-state index in [1.54, 1.807) is 0 Å². The van der Waals surface area contributed by atoms with E-state index in [4.69, 9.17) is 5.73 Å². The number of benzene rings is 1. The van der Waals surface area contributed by atoms with E-state index in [1.807, 2.05) is 36.1 Å². The van der Waals surface area contributed by atoms with Crippen molar-refractivity contribution in [2.24, 2.45) is 5.73 Å². The molecule has 0 saturated carbocycles. The molecule has 0 aliphatic carbocycles. The lowest BCUT2D eigenvalue weighted by Crippen LogP contribution is -2.43. The first-order valence-electron chi connectivity index (χ1n) is 5.06. The molecule has 1 unspecified atom stereocenters. The number of carbonyl (C=O) groups is 1. The predicted molar refractivity (Wildman–Crippen MR) is 60.9 cm³/mol. The second-order valence-corrected chi connectivity index (χ2v) is 3.92. The molecule has 80 valence electrons. The number of hydrogen-bond donors (Lipinski definition) is 2. The minimum absolute atomic E-state index is 0.0225. The lowest BCUT2D eigenvalue weighted by atomic mass is 10.1.